The fraction of sp³-hybridized carbons (Fsp3) is 0.909. The molecular formula is C11H19NO4. The molecule has 2 aliphatic rings. The van der Waals surface area contributed by atoms with E-state index in [2.05, 4.69) is 0 Å². The summed E-state index contributed by atoms with van der Waals surface area (Å²) >= 11 is 0. The number of amides is 1. The summed E-state index contributed by atoms with van der Waals surface area (Å²) < 4.78 is 15.8. The van der Waals surface area contributed by atoms with Gasteiger partial charge in [-0.15, -0.1) is 0 Å². The van der Waals surface area contributed by atoms with Crippen LogP contribution in [0.3, 0.4) is 0 Å². The minimum absolute atomic E-state index is 0.0420. The van der Waals surface area contributed by atoms with Crippen LogP contribution in [0, 0.1) is 5.92 Å². The molecule has 2 rings (SSSR count). The van der Waals surface area contributed by atoms with Crippen LogP contribution in [0.1, 0.15) is 12.8 Å². The van der Waals surface area contributed by atoms with Crippen molar-refractivity contribution in [2.45, 2.75) is 19.1 Å². The zero-order chi connectivity index (χ0) is 11.4. The second-order valence-electron chi connectivity index (χ2n) is 4.26. The fourth-order valence-electron chi connectivity index (χ4n) is 2.28. The summed E-state index contributed by atoms with van der Waals surface area (Å²) in [7, 11) is 1.55. The van der Waals surface area contributed by atoms with Crippen LogP contribution in [0.15, 0.2) is 0 Å². The second kappa shape index (κ2) is 5.61. The van der Waals surface area contributed by atoms with Gasteiger partial charge in [-0.05, 0) is 12.8 Å². The summed E-state index contributed by atoms with van der Waals surface area (Å²) in [4.78, 5) is 13.4. The van der Waals surface area contributed by atoms with Gasteiger partial charge in [-0.3, -0.25) is 4.79 Å². The van der Waals surface area contributed by atoms with Gasteiger partial charge in [0.25, 0.3) is 0 Å². The molecule has 0 spiro atoms. The van der Waals surface area contributed by atoms with E-state index >= 15 is 0 Å². The molecule has 1 amide bonds. The van der Waals surface area contributed by atoms with Crippen molar-refractivity contribution in [3.63, 3.8) is 0 Å². The Morgan fingerprint density at radius 3 is 2.50 bits per heavy atom. The average molecular weight is 229 g/mol. The summed E-state index contributed by atoms with van der Waals surface area (Å²) in [6.07, 6.45) is 1.87. The van der Waals surface area contributed by atoms with Gasteiger partial charge in [-0.1, -0.05) is 0 Å². The van der Waals surface area contributed by atoms with Crippen molar-refractivity contribution in [1.29, 1.82) is 0 Å². The van der Waals surface area contributed by atoms with Crippen molar-refractivity contribution in [1.82, 2.24) is 4.90 Å². The van der Waals surface area contributed by atoms with Crippen molar-refractivity contribution in [3.05, 3.63) is 0 Å². The van der Waals surface area contributed by atoms with Gasteiger partial charge in [0, 0.05) is 26.1 Å². The maximum Gasteiger partial charge on any atom is 0.248 e. The first-order valence-corrected chi connectivity index (χ1v) is 5.81. The molecule has 2 heterocycles. The molecule has 16 heavy (non-hydrogen) atoms. The van der Waals surface area contributed by atoms with E-state index in [0.29, 0.717) is 19.1 Å². The maximum atomic E-state index is 11.6. The minimum Gasteiger partial charge on any atom is -0.375 e. The van der Waals surface area contributed by atoms with E-state index in [1.165, 1.54) is 0 Å². The number of carbonyl (C=O) groups is 1. The predicted molar refractivity (Wildman–Crippen MR) is 56.9 cm³/mol. The van der Waals surface area contributed by atoms with Crippen LogP contribution < -0.4 is 0 Å². The lowest BCUT2D eigenvalue weighted by molar-refractivity contribution is -0.140. The highest BCUT2D eigenvalue weighted by Gasteiger charge is 2.31. The standard InChI is InChI=1S/C11H19NO4/c1-14-8-10(13)12-4-2-9(3-5-12)11-15-6-7-16-11/h9,11H,2-8H2,1H3. The highest BCUT2D eigenvalue weighted by atomic mass is 16.7. The zero-order valence-corrected chi connectivity index (χ0v) is 9.68. The van der Waals surface area contributed by atoms with Crippen LogP contribution >= 0.6 is 0 Å². The lowest BCUT2D eigenvalue weighted by Crippen LogP contribution is -2.42. The molecule has 2 fully saturated rings. The van der Waals surface area contributed by atoms with Gasteiger partial charge in [0.2, 0.25) is 5.91 Å². The van der Waals surface area contributed by atoms with Gasteiger partial charge in [-0.2, -0.15) is 0 Å². The number of carbonyl (C=O) groups excluding carboxylic acids is 1. The third-order valence-electron chi connectivity index (χ3n) is 3.19. The Bertz CT molecular complexity index is 232. The summed E-state index contributed by atoms with van der Waals surface area (Å²) in [5.74, 6) is 0.517. The Hall–Kier alpha value is -0.650. The van der Waals surface area contributed by atoms with Crippen molar-refractivity contribution < 1.29 is 19.0 Å². The Morgan fingerprint density at radius 2 is 1.94 bits per heavy atom. The van der Waals surface area contributed by atoms with Gasteiger partial charge >= 0.3 is 0 Å². The number of rotatable bonds is 3. The lowest BCUT2D eigenvalue weighted by Gasteiger charge is -2.33. The predicted octanol–water partition coefficient (Wildman–Crippen LogP) is 0.244. The lowest BCUT2D eigenvalue weighted by atomic mass is 9.96. The van der Waals surface area contributed by atoms with Crippen LogP contribution in [0.25, 0.3) is 0 Å². The fourth-order valence-corrected chi connectivity index (χ4v) is 2.28. The van der Waals surface area contributed by atoms with Crippen molar-refractivity contribution in [3.8, 4) is 0 Å². The number of nitrogens with zero attached hydrogens (tertiary/aromatic N) is 1. The molecule has 0 aromatic rings. The molecule has 0 saturated carbocycles. The molecule has 0 aromatic heterocycles. The molecule has 2 aliphatic heterocycles. The topological polar surface area (TPSA) is 48.0 Å². The first-order chi connectivity index (χ1) is 7.81. The maximum absolute atomic E-state index is 11.6. The Morgan fingerprint density at radius 1 is 1.31 bits per heavy atom. The van der Waals surface area contributed by atoms with Crippen molar-refractivity contribution in [2.24, 2.45) is 5.92 Å². The quantitative estimate of drug-likeness (QED) is 0.696. The number of likely N-dealkylation sites (tertiary alicyclic amines) is 1. The first-order valence-electron chi connectivity index (χ1n) is 5.81. The molecule has 0 aliphatic carbocycles. The minimum atomic E-state index is -0.0420. The smallest absolute Gasteiger partial charge is 0.248 e. The molecule has 0 unspecified atom stereocenters. The van der Waals surface area contributed by atoms with Gasteiger partial charge in [-0.25, -0.2) is 0 Å². The van der Waals surface area contributed by atoms with Crippen LogP contribution in [-0.2, 0) is 19.0 Å². The molecule has 5 nitrogen and oxygen atoms in total. The van der Waals surface area contributed by atoms with Gasteiger partial charge in [0.05, 0.1) is 13.2 Å². The molecule has 0 radical (unpaired) electrons. The highest BCUT2D eigenvalue weighted by Crippen LogP contribution is 2.25. The van der Waals surface area contributed by atoms with E-state index in [9.17, 15) is 4.79 Å². The van der Waals surface area contributed by atoms with Crippen LogP contribution in [0.5, 0.6) is 0 Å². The van der Waals surface area contributed by atoms with E-state index in [1.807, 2.05) is 4.90 Å². The zero-order valence-electron chi connectivity index (χ0n) is 9.68. The largest absolute Gasteiger partial charge is 0.375 e. The number of piperidine rings is 1. The van der Waals surface area contributed by atoms with Crippen LogP contribution in [0.4, 0.5) is 0 Å². The van der Waals surface area contributed by atoms with E-state index in [1.54, 1.807) is 7.11 Å². The summed E-state index contributed by atoms with van der Waals surface area (Å²) in [6.45, 7) is 3.16. The Balaban J connectivity index is 1.75. The molecule has 0 aromatic carbocycles. The number of hydrogen-bond acceptors (Lipinski definition) is 4. The molecule has 2 saturated heterocycles. The summed E-state index contributed by atoms with van der Waals surface area (Å²) in [5.41, 5.74) is 0. The van der Waals surface area contributed by atoms with Crippen molar-refractivity contribution in [2.75, 3.05) is 40.0 Å². The molecular weight excluding hydrogens is 210 g/mol. The van der Waals surface area contributed by atoms with E-state index in [0.717, 1.165) is 25.9 Å². The number of hydrogen-bond donors (Lipinski definition) is 0. The molecule has 5 heteroatoms. The van der Waals surface area contributed by atoms with Gasteiger partial charge < -0.3 is 19.1 Å². The average Bonchev–Trinajstić information content (AvgIpc) is 2.83. The molecule has 0 atom stereocenters. The molecule has 0 N–H and O–H groups in total. The van der Waals surface area contributed by atoms with Gasteiger partial charge in [0.15, 0.2) is 6.29 Å². The van der Waals surface area contributed by atoms with E-state index in [-0.39, 0.29) is 18.8 Å². The van der Waals surface area contributed by atoms with Gasteiger partial charge in [0.1, 0.15) is 6.61 Å². The Kier molecular flexibility index (Phi) is 4.15. The third kappa shape index (κ3) is 2.72. The van der Waals surface area contributed by atoms with Crippen LogP contribution in [0.2, 0.25) is 0 Å². The summed E-state index contributed by atoms with van der Waals surface area (Å²) in [5, 5.41) is 0. The molecule has 0 bridgehead atoms. The third-order valence-corrected chi connectivity index (χ3v) is 3.19. The van der Waals surface area contributed by atoms with E-state index < -0.39 is 0 Å². The first kappa shape index (κ1) is 11.8. The number of methoxy groups -OCH3 is 1. The van der Waals surface area contributed by atoms with E-state index in [4.69, 9.17) is 14.2 Å². The Labute approximate surface area is 95.6 Å². The van der Waals surface area contributed by atoms with Crippen LogP contribution in [-0.4, -0.2) is 57.1 Å². The second-order valence-corrected chi connectivity index (χ2v) is 4.26. The van der Waals surface area contributed by atoms with Crippen molar-refractivity contribution >= 4 is 5.91 Å². The molecule has 92 valence electrons. The highest BCUT2D eigenvalue weighted by molar-refractivity contribution is 5.77. The monoisotopic (exact) mass is 229 g/mol. The SMILES string of the molecule is COCC(=O)N1CCC(C2OCCO2)CC1. The number of ether oxygens (including phenoxy) is 3. The summed E-state index contributed by atoms with van der Waals surface area (Å²) in [6, 6.07) is 0. The normalized spacial score (nSPS) is 23.9.